The number of carbonyl (C=O) groups excluding carboxylic acids is 2. The minimum absolute atomic E-state index is 0.0349. The fraction of sp³-hybridized carbons (Fsp3) is 0.429. The van der Waals surface area contributed by atoms with Crippen LogP contribution in [0.4, 0.5) is 10.1 Å². The molecule has 0 radical (unpaired) electrons. The molecule has 1 fully saturated rings. The van der Waals surface area contributed by atoms with Gasteiger partial charge in [-0.2, -0.15) is 0 Å². The minimum atomic E-state index is -0.572. The van der Waals surface area contributed by atoms with E-state index in [2.05, 4.69) is 5.32 Å². The molecule has 2 unspecified atom stereocenters. The summed E-state index contributed by atoms with van der Waals surface area (Å²) >= 11 is 1.98. The van der Waals surface area contributed by atoms with Crippen molar-refractivity contribution in [2.45, 2.75) is 32.9 Å². The minimum Gasteiger partial charge on any atom is -0.343 e. The van der Waals surface area contributed by atoms with Gasteiger partial charge < -0.3 is 5.32 Å². The molecule has 0 saturated carbocycles. The zero-order chi connectivity index (χ0) is 15.0. The van der Waals surface area contributed by atoms with Crippen molar-refractivity contribution in [2.75, 3.05) is 4.90 Å². The molecule has 6 heteroatoms. The topological polar surface area (TPSA) is 49.4 Å². The van der Waals surface area contributed by atoms with Crippen LogP contribution >= 0.6 is 22.6 Å². The number of nitrogens with zero attached hydrogens (tertiary/aromatic N) is 1. The number of hydrogen-bond acceptors (Lipinski definition) is 2. The zero-order valence-corrected chi connectivity index (χ0v) is 13.6. The third-order valence-electron chi connectivity index (χ3n) is 3.31. The highest BCUT2D eigenvalue weighted by molar-refractivity contribution is 14.1. The fourth-order valence-electron chi connectivity index (χ4n) is 2.37. The van der Waals surface area contributed by atoms with Gasteiger partial charge in [-0.25, -0.2) is 4.39 Å². The molecule has 0 bridgehead atoms. The van der Waals surface area contributed by atoms with Crippen LogP contribution in [0.2, 0.25) is 0 Å². The lowest BCUT2D eigenvalue weighted by Gasteiger charge is -2.40. The number of carbonyl (C=O) groups is 2. The van der Waals surface area contributed by atoms with E-state index >= 15 is 0 Å². The van der Waals surface area contributed by atoms with Crippen LogP contribution in [-0.2, 0) is 9.59 Å². The van der Waals surface area contributed by atoms with Gasteiger partial charge in [-0.3, -0.25) is 14.5 Å². The van der Waals surface area contributed by atoms with Crippen LogP contribution in [0.1, 0.15) is 20.8 Å². The highest BCUT2D eigenvalue weighted by atomic mass is 127. The van der Waals surface area contributed by atoms with Gasteiger partial charge in [-0.1, -0.05) is 13.8 Å². The Bertz CT molecular complexity index is 562. The second-order valence-electron chi connectivity index (χ2n) is 5.22. The van der Waals surface area contributed by atoms with E-state index in [-0.39, 0.29) is 23.5 Å². The summed E-state index contributed by atoms with van der Waals surface area (Å²) in [5.74, 6) is -0.742. The normalized spacial score (nSPS) is 23.2. The summed E-state index contributed by atoms with van der Waals surface area (Å²) in [7, 11) is 0. The fourth-order valence-corrected chi connectivity index (χ4v) is 3.11. The van der Waals surface area contributed by atoms with Crippen molar-refractivity contribution in [3.05, 3.63) is 27.6 Å². The molecule has 1 aliphatic rings. The van der Waals surface area contributed by atoms with Crippen LogP contribution in [0.3, 0.4) is 0 Å². The number of amides is 2. The molecule has 0 aliphatic carbocycles. The summed E-state index contributed by atoms with van der Waals surface area (Å²) in [4.78, 5) is 26.1. The Morgan fingerprint density at radius 3 is 2.55 bits per heavy atom. The standard InChI is InChI=1S/C14H16FIN2O2/c1-7(2)12-13(19)17-8(3)14(20)18(12)11-5-4-9(15)6-10(11)16/h4-8,12H,1-3H3,(H,17,19). The number of halogens is 2. The SMILES string of the molecule is CC1NC(=O)C(C(C)C)N(c2ccc(F)cc2I)C1=O. The van der Waals surface area contributed by atoms with Crippen molar-refractivity contribution in [3.8, 4) is 0 Å². The first-order valence-electron chi connectivity index (χ1n) is 6.41. The second-order valence-corrected chi connectivity index (χ2v) is 6.39. The molecule has 2 atom stereocenters. The van der Waals surface area contributed by atoms with E-state index in [9.17, 15) is 14.0 Å². The molecule has 1 aromatic carbocycles. The van der Waals surface area contributed by atoms with Crippen molar-refractivity contribution in [1.82, 2.24) is 5.32 Å². The van der Waals surface area contributed by atoms with Gasteiger partial charge in [-0.15, -0.1) is 0 Å². The molecule has 20 heavy (non-hydrogen) atoms. The van der Waals surface area contributed by atoms with Crippen LogP contribution in [0.15, 0.2) is 18.2 Å². The average Bonchev–Trinajstić information content (AvgIpc) is 2.33. The van der Waals surface area contributed by atoms with E-state index in [0.29, 0.717) is 9.26 Å². The largest absolute Gasteiger partial charge is 0.343 e. The number of benzene rings is 1. The van der Waals surface area contributed by atoms with Gasteiger partial charge in [-0.05, 0) is 53.6 Å². The highest BCUT2D eigenvalue weighted by Crippen LogP contribution is 2.30. The van der Waals surface area contributed by atoms with Crippen molar-refractivity contribution < 1.29 is 14.0 Å². The summed E-state index contributed by atoms with van der Waals surface area (Å²) in [6, 6.07) is 3.07. The predicted molar refractivity (Wildman–Crippen MR) is 82.8 cm³/mol. The monoisotopic (exact) mass is 390 g/mol. The second kappa shape index (κ2) is 5.67. The van der Waals surface area contributed by atoms with Crippen molar-refractivity contribution >= 4 is 40.1 Å². The molecule has 2 amide bonds. The van der Waals surface area contributed by atoms with Gasteiger partial charge in [0.15, 0.2) is 0 Å². The maximum Gasteiger partial charge on any atom is 0.250 e. The van der Waals surface area contributed by atoms with Gasteiger partial charge in [0, 0.05) is 3.57 Å². The molecule has 108 valence electrons. The van der Waals surface area contributed by atoms with Crippen LogP contribution in [0.25, 0.3) is 0 Å². The summed E-state index contributed by atoms with van der Waals surface area (Å²) in [6.45, 7) is 5.42. The van der Waals surface area contributed by atoms with E-state index < -0.39 is 12.1 Å². The maximum absolute atomic E-state index is 13.2. The number of piperazine rings is 1. The molecule has 1 heterocycles. The molecule has 2 rings (SSSR count). The quantitative estimate of drug-likeness (QED) is 0.789. The molecule has 4 nitrogen and oxygen atoms in total. The Kier molecular flexibility index (Phi) is 4.31. The Morgan fingerprint density at radius 1 is 1.35 bits per heavy atom. The summed E-state index contributed by atoms with van der Waals surface area (Å²) in [6.07, 6.45) is 0. The van der Waals surface area contributed by atoms with Gasteiger partial charge in [0.25, 0.3) is 0 Å². The number of rotatable bonds is 2. The lowest BCUT2D eigenvalue weighted by molar-refractivity contribution is -0.134. The average molecular weight is 390 g/mol. The third kappa shape index (κ3) is 2.65. The highest BCUT2D eigenvalue weighted by Gasteiger charge is 2.41. The van der Waals surface area contributed by atoms with E-state index in [1.807, 2.05) is 36.4 Å². The van der Waals surface area contributed by atoms with Crippen LogP contribution in [-0.4, -0.2) is 23.9 Å². The Hall–Kier alpha value is -1.18. The van der Waals surface area contributed by atoms with Gasteiger partial charge in [0.05, 0.1) is 5.69 Å². The van der Waals surface area contributed by atoms with Crippen LogP contribution in [0, 0.1) is 15.3 Å². The number of nitrogens with one attached hydrogen (secondary N) is 1. The zero-order valence-electron chi connectivity index (χ0n) is 11.5. The van der Waals surface area contributed by atoms with E-state index in [0.717, 1.165) is 0 Å². The molecule has 1 saturated heterocycles. The first-order valence-corrected chi connectivity index (χ1v) is 7.49. The first-order chi connectivity index (χ1) is 9.32. The summed E-state index contributed by atoms with van der Waals surface area (Å²) in [5.41, 5.74) is 0.581. The number of hydrogen-bond donors (Lipinski definition) is 1. The molecule has 0 spiro atoms. The predicted octanol–water partition coefficient (Wildman–Crippen LogP) is 2.31. The number of anilines is 1. The van der Waals surface area contributed by atoms with Crippen molar-refractivity contribution in [1.29, 1.82) is 0 Å². The summed E-state index contributed by atoms with van der Waals surface area (Å²) < 4.78 is 13.8. The lowest BCUT2D eigenvalue weighted by atomic mass is 9.96. The van der Waals surface area contributed by atoms with Crippen molar-refractivity contribution in [3.63, 3.8) is 0 Å². The first kappa shape index (κ1) is 15.2. The molecule has 0 aromatic heterocycles. The molecular weight excluding hydrogens is 374 g/mol. The van der Waals surface area contributed by atoms with E-state index in [1.54, 1.807) is 13.0 Å². The van der Waals surface area contributed by atoms with E-state index in [4.69, 9.17) is 0 Å². The van der Waals surface area contributed by atoms with Gasteiger partial charge in [0.2, 0.25) is 11.8 Å². The molecule has 1 N–H and O–H groups in total. The van der Waals surface area contributed by atoms with Gasteiger partial charge >= 0.3 is 0 Å². The maximum atomic E-state index is 13.2. The lowest BCUT2D eigenvalue weighted by Crippen LogP contribution is -2.64. The Morgan fingerprint density at radius 2 is 2.00 bits per heavy atom. The van der Waals surface area contributed by atoms with Crippen LogP contribution < -0.4 is 10.2 Å². The molecule has 1 aliphatic heterocycles. The van der Waals surface area contributed by atoms with E-state index in [1.165, 1.54) is 17.0 Å². The molecular formula is C14H16FIN2O2. The summed E-state index contributed by atoms with van der Waals surface area (Å²) in [5, 5.41) is 2.68. The Labute approximate surface area is 130 Å². The van der Waals surface area contributed by atoms with Crippen LogP contribution in [0.5, 0.6) is 0 Å². The smallest absolute Gasteiger partial charge is 0.250 e. The third-order valence-corrected chi connectivity index (χ3v) is 4.18. The van der Waals surface area contributed by atoms with Gasteiger partial charge in [0.1, 0.15) is 17.9 Å². The van der Waals surface area contributed by atoms with Crippen molar-refractivity contribution in [2.24, 2.45) is 5.92 Å². The molecule has 1 aromatic rings. The Balaban J connectivity index is 2.52.